The number of hydrogen-bond acceptors (Lipinski definition) is 3. The average molecular weight is 515 g/mol. The minimum Gasteiger partial charge on any atom is -0.379 e. The van der Waals surface area contributed by atoms with Crippen molar-refractivity contribution in [1.82, 2.24) is 15.5 Å². The van der Waals surface area contributed by atoms with E-state index in [1.165, 1.54) is 5.56 Å². The second kappa shape index (κ2) is 12.3. The van der Waals surface area contributed by atoms with Gasteiger partial charge in [-0.2, -0.15) is 0 Å². The smallest absolute Gasteiger partial charge is 0.191 e. The van der Waals surface area contributed by atoms with Crippen LogP contribution in [0.4, 0.5) is 0 Å². The number of benzene rings is 2. The summed E-state index contributed by atoms with van der Waals surface area (Å²) in [5.74, 6) is 0.791. The number of nitrogens with zero attached hydrogens (tertiary/aromatic N) is 2. The highest BCUT2D eigenvalue weighted by molar-refractivity contribution is 14.0. The Morgan fingerprint density at radius 1 is 1.07 bits per heavy atom. The fraction of sp³-hybridized carbons (Fsp3) is 0.381. The Morgan fingerprint density at radius 2 is 1.75 bits per heavy atom. The van der Waals surface area contributed by atoms with Crippen LogP contribution in [0.5, 0.6) is 0 Å². The van der Waals surface area contributed by atoms with E-state index in [4.69, 9.17) is 16.3 Å². The zero-order chi connectivity index (χ0) is 18.9. The summed E-state index contributed by atoms with van der Waals surface area (Å²) in [6.07, 6.45) is 0. The van der Waals surface area contributed by atoms with E-state index >= 15 is 0 Å². The Labute approximate surface area is 189 Å². The van der Waals surface area contributed by atoms with Gasteiger partial charge in [0.2, 0.25) is 0 Å². The molecule has 0 aromatic heterocycles. The van der Waals surface area contributed by atoms with Gasteiger partial charge in [-0.25, -0.2) is 0 Å². The molecule has 2 aromatic carbocycles. The largest absolute Gasteiger partial charge is 0.379 e. The van der Waals surface area contributed by atoms with Crippen molar-refractivity contribution in [2.75, 3.05) is 39.9 Å². The number of aliphatic imine (C=N–C) groups is 1. The summed E-state index contributed by atoms with van der Waals surface area (Å²) in [5.41, 5.74) is 2.47. The highest BCUT2D eigenvalue weighted by Crippen LogP contribution is 2.21. The first-order valence-electron chi connectivity index (χ1n) is 9.32. The predicted octanol–water partition coefficient (Wildman–Crippen LogP) is 3.70. The van der Waals surface area contributed by atoms with Crippen LogP contribution < -0.4 is 10.6 Å². The first-order valence-corrected chi connectivity index (χ1v) is 9.70. The topological polar surface area (TPSA) is 48.9 Å². The van der Waals surface area contributed by atoms with Crippen molar-refractivity contribution < 1.29 is 4.74 Å². The van der Waals surface area contributed by atoms with Crippen LogP contribution in [0.15, 0.2) is 59.6 Å². The standard InChI is InChI=1S/C21H27ClN4O.HI/c1-23-21(24-15-17-7-9-19(22)10-8-17)25-16-20(18-5-3-2-4-6-18)26-11-13-27-14-12-26;/h2-10,20H,11-16H2,1H3,(H2,23,24,25);1H. The lowest BCUT2D eigenvalue weighted by molar-refractivity contribution is 0.0170. The molecule has 5 nitrogen and oxygen atoms in total. The zero-order valence-corrected chi connectivity index (χ0v) is 19.2. The summed E-state index contributed by atoms with van der Waals surface area (Å²) < 4.78 is 5.52. The molecule has 1 aliphatic heterocycles. The van der Waals surface area contributed by atoms with Gasteiger partial charge in [0.05, 0.1) is 19.3 Å². The number of guanidine groups is 1. The summed E-state index contributed by atoms with van der Waals surface area (Å²) in [6.45, 7) is 4.94. The maximum atomic E-state index is 5.95. The second-order valence-electron chi connectivity index (χ2n) is 6.51. The highest BCUT2D eigenvalue weighted by atomic mass is 127. The van der Waals surface area contributed by atoms with Gasteiger partial charge in [0.25, 0.3) is 0 Å². The number of morpholine rings is 1. The number of nitrogens with one attached hydrogen (secondary N) is 2. The quantitative estimate of drug-likeness (QED) is 0.351. The number of rotatable bonds is 6. The van der Waals surface area contributed by atoms with Gasteiger partial charge in [0.1, 0.15) is 0 Å². The molecule has 0 amide bonds. The summed E-state index contributed by atoms with van der Waals surface area (Å²) in [4.78, 5) is 6.83. The third-order valence-corrected chi connectivity index (χ3v) is 4.98. The molecule has 0 bridgehead atoms. The Bertz CT molecular complexity index is 721. The Kier molecular flexibility index (Phi) is 10.0. The molecule has 1 saturated heterocycles. The molecular formula is C21H28ClIN4O. The molecule has 0 spiro atoms. The molecule has 2 N–H and O–H groups in total. The summed E-state index contributed by atoms with van der Waals surface area (Å²) in [6, 6.07) is 18.7. The molecule has 3 rings (SSSR count). The normalized spacial score (nSPS) is 16.1. The summed E-state index contributed by atoms with van der Waals surface area (Å²) in [7, 11) is 1.80. The van der Waals surface area contributed by atoms with E-state index in [0.717, 1.165) is 49.4 Å². The molecule has 0 saturated carbocycles. The van der Waals surface area contributed by atoms with E-state index in [1.807, 2.05) is 24.3 Å². The van der Waals surface area contributed by atoms with Crippen molar-refractivity contribution >= 4 is 41.5 Å². The van der Waals surface area contributed by atoms with Crippen molar-refractivity contribution in [2.45, 2.75) is 12.6 Å². The molecule has 0 aliphatic carbocycles. The molecule has 28 heavy (non-hydrogen) atoms. The first kappa shape index (κ1) is 22.9. The van der Waals surface area contributed by atoms with E-state index in [9.17, 15) is 0 Å². The van der Waals surface area contributed by atoms with Gasteiger partial charge in [-0.1, -0.05) is 54.1 Å². The van der Waals surface area contributed by atoms with E-state index in [0.29, 0.717) is 6.54 Å². The zero-order valence-electron chi connectivity index (χ0n) is 16.1. The van der Waals surface area contributed by atoms with Gasteiger partial charge in [-0.15, -0.1) is 24.0 Å². The van der Waals surface area contributed by atoms with E-state index in [2.05, 4.69) is 50.9 Å². The van der Waals surface area contributed by atoms with Crippen molar-refractivity contribution in [1.29, 1.82) is 0 Å². The summed E-state index contributed by atoms with van der Waals surface area (Å²) in [5, 5.41) is 7.59. The molecule has 7 heteroatoms. The lowest BCUT2D eigenvalue weighted by Gasteiger charge is -2.35. The molecule has 1 fully saturated rings. The second-order valence-corrected chi connectivity index (χ2v) is 6.94. The fourth-order valence-corrected chi connectivity index (χ4v) is 3.35. The van der Waals surface area contributed by atoms with Gasteiger partial charge in [0, 0.05) is 38.2 Å². The molecule has 0 radical (unpaired) electrons. The van der Waals surface area contributed by atoms with E-state index in [-0.39, 0.29) is 30.0 Å². The van der Waals surface area contributed by atoms with Crippen LogP contribution in [0.25, 0.3) is 0 Å². The van der Waals surface area contributed by atoms with Crippen LogP contribution in [-0.4, -0.2) is 50.8 Å². The number of halogens is 2. The van der Waals surface area contributed by atoms with Crippen molar-refractivity contribution in [3.05, 3.63) is 70.7 Å². The SMILES string of the molecule is CN=C(NCc1ccc(Cl)cc1)NCC(c1ccccc1)N1CCOCC1.I. The minimum atomic E-state index is 0. The van der Waals surface area contributed by atoms with Gasteiger partial charge in [-0.05, 0) is 23.3 Å². The molecule has 1 aliphatic rings. The first-order chi connectivity index (χ1) is 13.3. The van der Waals surface area contributed by atoms with E-state index < -0.39 is 0 Å². The van der Waals surface area contributed by atoms with E-state index in [1.54, 1.807) is 7.05 Å². The van der Waals surface area contributed by atoms with Gasteiger partial charge in [-0.3, -0.25) is 9.89 Å². The summed E-state index contributed by atoms with van der Waals surface area (Å²) >= 11 is 5.95. The third kappa shape index (κ3) is 6.92. The molecule has 1 unspecified atom stereocenters. The van der Waals surface area contributed by atoms with Crippen LogP contribution in [0.1, 0.15) is 17.2 Å². The lowest BCUT2D eigenvalue weighted by Crippen LogP contribution is -2.46. The minimum absolute atomic E-state index is 0. The number of ether oxygens (including phenoxy) is 1. The van der Waals surface area contributed by atoms with Crippen LogP contribution in [0.3, 0.4) is 0 Å². The predicted molar refractivity (Wildman–Crippen MR) is 127 cm³/mol. The Morgan fingerprint density at radius 3 is 2.39 bits per heavy atom. The monoisotopic (exact) mass is 514 g/mol. The maximum Gasteiger partial charge on any atom is 0.191 e. The van der Waals surface area contributed by atoms with Crippen LogP contribution in [0.2, 0.25) is 5.02 Å². The van der Waals surface area contributed by atoms with Crippen LogP contribution >= 0.6 is 35.6 Å². The van der Waals surface area contributed by atoms with Gasteiger partial charge in [0.15, 0.2) is 5.96 Å². The molecule has 2 aromatic rings. The maximum absolute atomic E-state index is 5.95. The third-order valence-electron chi connectivity index (χ3n) is 4.73. The molecule has 1 atom stereocenters. The van der Waals surface area contributed by atoms with Crippen molar-refractivity contribution in [3.63, 3.8) is 0 Å². The Balaban J connectivity index is 0.00000280. The lowest BCUT2D eigenvalue weighted by atomic mass is 10.0. The van der Waals surface area contributed by atoms with Gasteiger partial charge >= 0.3 is 0 Å². The molecule has 152 valence electrons. The molecular weight excluding hydrogens is 487 g/mol. The van der Waals surface area contributed by atoms with Crippen LogP contribution in [0, 0.1) is 0 Å². The highest BCUT2D eigenvalue weighted by Gasteiger charge is 2.22. The van der Waals surface area contributed by atoms with Crippen molar-refractivity contribution in [3.8, 4) is 0 Å². The van der Waals surface area contributed by atoms with Crippen LogP contribution in [-0.2, 0) is 11.3 Å². The molecule has 1 heterocycles. The fourth-order valence-electron chi connectivity index (χ4n) is 3.22. The average Bonchev–Trinajstić information content (AvgIpc) is 2.73. The van der Waals surface area contributed by atoms with Gasteiger partial charge < -0.3 is 15.4 Å². The number of hydrogen-bond donors (Lipinski definition) is 2. The Hall–Kier alpha value is -1.35. The van der Waals surface area contributed by atoms with Crippen molar-refractivity contribution in [2.24, 2.45) is 4.99 Å².